The number of carbonyl (C=O) groups excluding carboxylic acids is 1. The minimum atomic E-state index is -4.62. The number of amides is 1. The number of aliphatic hydroxyl groups is 1. The number of likely N-dealkylation sites (tertiary alicyclic amines) is 1. The van der Waals surface area contributed by atoms with Crippen LogP contribution in [-0.4, -0.2) is 109 Å². The van der Waals surface area contributed by atoms with Crippen LogP contribution in [0.2, 0.25) is 0 Å². The summed E-state index contributed by atoms with van der Waals surface area (Å²) in [5, 5.41) is 26.8. The summed E-state index contributed by atoms with van der Waals surface area (Å²) in [4.78, 5) is 41.4. The van der Waals surface area contributed by atoms with Crippen LogP contribution in [0.1, 0.15) is 119 Å². The van der Waals surface area contributed by atoms with Gasteiger partial charge in [-0.3, -0.25) is 19.8 Å². The standard InChI is InChI=1S/C55H66N8O9S/c1-54(65)19-15-35(16-20-54)33-57-43-14-12-40(30-47(43)63(66)67)73(68,69)59-52(64)42-13-9-37(29-46(42)62-45-18-27-70-34-50(45)72-53-48(62)28-36-17-23-56-51(36)58-53)60-25-21-55(22-26-60)31-38(32-55)61-24-5-4-7-44(61)41-6-2-3-8-49(41)71-39-10-11-39/h2-3,6,8-9,12-14,17,23,28-30,35,38-39,44-45,50,57,65H,4-5,7,10-11,15-16,18-22,24-27,31-34H2,1H3,(H,56,58)(H,59,64)/t35-,44-,45-,50-,54-/m0/s1. The van der Waals surface area contributed by atoms with Gasteiger partial charge in [0.2, 0.25) is 5.88 Å². The van der Waals surface area contributed by atoms with Crippen molar-refractivity contribution in [1.82, 2.24) is 19.6 Å². The first-order valence-electron chi connectivity index (χ1n) is 26.5. The Morgan fingerprint density at radius 2 is 1.75 bits per heavy atom. The number of carbonyl (C=O) groups is 1. The third-order valence-corrected chi connectivity index (χ3v) is 18.5. The van der Waals surface area contributed by atoms with Gasteiger partial charge in [-0.15, -0.1) is 0 Å². The van der Waals surface area contributed by atoms with E-state index in [4.69, 9.17) is 19.2 Å². The molecule has 0 bridgehead atoms. The van der Waals surface area contributed by atoms with Crippen molar-refractivity contribution in [2.24, 2.45) is 11.3 Å². The zero-order valence-electron chi connectivity index (χ0n) is 41.5. The van der Waals surface area contributed by atoms with Gasteiger partial charge < -0.3 is 39.4 Å². The number of piperidine rings is 2. The molecule has 3 atom stereocenters. The number of rotatable bonds is 13. The van der Waals surface area contributed by atoms with E-state index in [9.17, 15) is 28.4 Å². The summed E-state index contributed by atoms with van der Waals surface area (Å²) < 4.78 is 49.5. The SMILES string of the molecule is C[C@]1(O)CC[C@H](CNc2ccc(S(=O)(=O)NC(=O)c3ccc(N4CCC5(CC4)CC(N4CCCC[C@H]4c4ccccc4OC4CC4)C5)cc3N3c4cc5cc[nH]c5nc4O[C@H]4COCC[C@@H]43)cc2[N+](=O)[O-])CC1. The number of ether oxygens (including phenoxy) is 3. The van der Waals surface area contributed by atoms with Gasteiger partial charge >= 0.3 is 0 Å². The molecule has 0 unspecified atom stereocenters. The molecule has 6 heterocycles. The fourth-order valence-corrected chi connectivity index (χ4v) is 13.8. The van der Waals surface area contributed by atoms with Crippen LogP contribution in [0, 0.1) is 21.4 Å². The fraction of sp³-hybridized carbons (Fsp3) is 0.527. The Bertz CT molecular complexity index is 3010. The van der Waals surface area contributed by atoms with E-state index in [0.717, 1.165) is 87.5 Å². The third kappa shape index (κ3) is 9.59. The highest BCUT2D eigenvalue weighted by Crippen LogP contribution is 2.55. The highest BCUT2D eigenvalue weighted by Gasteiger charge is 2.50. The van der Waals surface area contributed by atoms with Crippen LogP contribution >= 0.6 is 0 Å². The van der Waals surface area contributed by atoms with Gasteiger partial charge in [0.1, 0.15) is 28.9 Å². The van der Waals surface area contributed by atoms with Crippen LogP contribution in [0.25, 0.3) is 11.0 Å². The van der Waals surface area contributed by atoms with Crippen molar-refractivity contribution in [3.05, 3.63) is 100 Å². The minimum absolute atomic E-state index is 0.120. The molecule has 73 heavy (non-hydrogen) atoms. The van der Waals surface area contributed by atoms with Crippen molar-refractivity contribution >= 4 is 55.4 Å². The molecule has 2 aromatic heterocycles. The number of hydrogen-bond donors (Lipinski definition) is 4. The number of anilines is 4. The summed E-state index contributed by atoms with van der Waals surface area (Å²) in [6.07, 6.45) is 15.4. The van der Waals surface area contributed by atoms with E-state index in [1.807, 2.05) is 37.4 Å². The highest BCUT2D eigenvalue weighted by molar-refractivity contribution is 7.90. The van der Waals surface area contributed by atoms with Crippen LogP contribution in [0.5, 0.6) is 11.6 Å². The molecule has 0 radical (unpaired) electrons. The summed E-state index contributed by atoms with van der Waals surface area (Å²) in [5.41, 5.74) is 3.50. The Labute approximate surface area is 426 Å². The molecule has 4 aliphatic heterocycles. The molecule has 3 aliphatic carbocycles. The van der Waals surface area contributed by atoms with Gasteiger partial charge in [-0.2, -0.15) is 4.98 Å². The lowest BCUT2D eigenvalue weighted by Crippen LogP contribution is -2.56. The number of pyridine rings is 1. The van der Waals surface area contributed by atoms with Gasteiger partial charge in [0.15, 0.2) is 0 Å². The molecule has 6 fully saturated rings. The monoisotopic (exact) mass is 1010 g/mol. The predicted molar refractivity (Wildman–Crippen MR) is 277 cm³/mol. The molecule has 17 nitrogen and oxygen atoms in total. The number of nitro groups is 1. The topological polar surface area (TPSA) is 205 Å². The normalized spacial score (nSPS) is 26.3. The van der Waals surface area contributed by atoms with Crippen molar-refractivity contribution in [3.8, 4) is 11.6 Å². The molecule has 5 aromatic rings. The smallest absolute Gasteiger partial charge is 0.293 e. The van der Waals surface area contributed by atoms with Gasteiger partial charge in [-0.25, -0.2) is 13.1 Å². The summed E-state index contributed by atoms with van der Waals surface area (Å²) in [7, 11) is -4.62. The van der Waals surface area contributed by atoms with E-state index in [1.165, 1.54) is 43.4 Å². The Morgan fingerprint density at radius 3 is 2.55 bits per heavy atom. The second-order valence-electron chi connectivity index (χ2n) is 22.2. The maximum Gasteiger partial charge on any atom is 0.293 e. The average molecular weight is 1020 g/mol. The number of para-hydroxylation sites is 1. The number of fused-ring (bicyclic) bond motifs is 3. The van der Waals surface area contributed by atoms with Crippen LogP contribution in [0.4, 0.5) is 28.4 Å². The van der Waals surface area contributed by atoms with Gasteiger partial charge in [0.05, 0.1) is 45.4 Å². The molecule has 7 aliphatic rings. The maximum absolute atomic E-state index is 14.7. The number of aromatic amines is 1. The molecule has 12 rings (SSSR count). The molecule has 3 aromatic carbocycles. The van der Waals surface area contributed by atoms with Crippen molar-refractivity contribution in [2.45, 2.75) is 138 Å². The highest BCUT2D eigenvalue weighted by atomic mass is 32.2. The van der Waals surface area contributed by atoms with E-state index < -0.39 is 43.1 Å². The number of nitrogens with zero attached hydrogens (tertiary/aromatic N) is 5. The van der Waals surface area contributed by atoms with Gasteiger partial charge in [-0.05, 0) is 157 Å². The number of H-pyrrole nitrogens is 1. The fourth-order valence-electron chi connectivity index (χ4n) is 12.8. The Hall–Kier alpha value is -5.95. The molecule has 3 saturated carbocycles. The first-order valence-corrected chi connectivity index (χ1v) is 28.0. The number of aromatic nitrogens is 2. The summed E-state index contributed by atoms with van der Waals surface area (Å²) in [6.45, 7) is 5.82. The zero-order valence-corrected chi connectivity index (χ0v) is 42.3. The molecule has 1 amide bonds. The molecular formula is C55H66N8O9S. The first-order chi connectivity index (χ1) is 35.3. The molecule has 1 spiro atoms. The van der Waals surface area contributed by atoms with E-state index in [0.29, 0.717) is 80.1 Å². The van der Waals surface area contributed by atoms with E-state index in [-0.39, 0.29) is 28.6 Å². The molecule has 18 heteroatoms. The third-order valence-electron chi connectivity index (χ3n) is 17.2. The van der Waals surface area contributed by atoms with Gasteiger partial charge in [0, 0.05) is 67.2 Å². The Morgan fingerprint density at radius 1 is 0.945 bits per heavy atom. The lowest BCUT2D eigenvalue weighted by Gasteiger charge is -2.57. The van der Waals surface area contributed by atoms with Crippen molar-refractivity contribution in [1.29, 1.82) is 0 Å². The van der Waals surface area contributed by atoms with Crippen LogP contribution in [0.15, 0.2) is 83.9 Å². The van der Waals surface area contributed by atoms with Gasteiger partial charge in [-0.1, -0.05) is 24.6 Å². The number of nitro benzene ring substituents is 1. The molecule has 4 N–H and O–H groups in total. The number of nitrogens with one attached hydrogen (secondary N) is 3. The summed E-state index contributed by atoms with van der Waals surface area (Å²) >= 11 is 0. The lowest BCUT2D eigenvalue weighted by molar-refractivity contribution is -0.384. The molecule has 386 valence electrons. The minimum Gasteiger partial charge on any atom is -0.490 e. The van der Waals surface area contributed by atoms with Crippen LogP contribution in [-0.2, 0) is 14.8 Å². The molecule has 3 saturated heterocycles. The second-order valence-corrected chi connectivity index (χ2v) is 23.9. The van der Waals surface area contributed by atoms with E-state index in [2.05, 4.69) is 54.0 Å². The maximum atomic E-state index is 14.7. The second kappa shape index (κ2) is 19.1. The lowest BCUT2D eigenvalue weighted by atomic mass is 9.59. The number of sulfonamides is 1. The van der Waals surface area contributed by atoms with Crippen molar-refractivity contribution < 1.29 is 37.5 Å². The average Bonchev–Trinajstić information content (AvgIpc) is 4.09. The van der Waals surface area contributed by atoms with Crippen molar-refractivity contribution in [2.75, 3.05) is 54.5 Å². The number of hydrogen-bond acceptors (Lipinski definition) is 14. The Balaban J connectivity index is 0.809. The van der Waals surface area contributed by atoms with Crippen molar-refractivity contribution in [3.63, 3.8) is 0 Å². The van der Waals surface area contributed by atoms with E-state index >= 15 is 0 Å². The van der Waals surface area contributed by atoms with E-state index in [1.54, 1.807) is 6.07 Å². The van der Waals surface area contributed by atoms with Crippen LogP contribution in [0.3, 0.4) is 0 Å². The summed E-state index contributed by atoms with van der Waals surface area (Å²) in [6, 6.07) is 22.5. The number of benzene rings is 3. The first kappa shape index (κ1) is 48.0. The summed E-state index contributed by atoms with van der Waals surface area (Å²) in [5.74, 6) is 0.757. The van der Waals surface area contributed by atoms with Crippen LogP contribution < -0.4 is 29.3 Å². The van der Waals surface area contributed by atoms with Gasteiger partial charge in [0.25, 0.3) is 21.6 Å². The predicted octanol–water partition coefficient (Wildman–Crippen LogP) is 9.15. The Kier molecular flexibility index (Phi) is 12.5. The quantitative estimate of drug-likeness (QED) is 0.0642. The largest absolute Gasteiger partial charge is 0.490 e. The molecular weight excluding hydrogens is 949 g/mol. The zero-order chi connectivity index (χ0) is 50.1.